The van der Waals surface area contributed by atoms with E-state index < -0.39 is 36.5 Å². The molecule has 0 unspecified atom stereocenters. The number of aliphatic hydroxyl groups excluding tert-OH is 2. The normalized spacial score (nSPS) is 21.9. The number of benzene rings is 1. The van der Waals surface area contributed by atoms with Gasteiger partial charge in [0.1, 0.15) is 18.0 Å². The number of ether oxygens (including phenoxy) is 6. The lowest BCUT2D eigenvalue weighted by Crippen LogP contribution is -2.63. The van der Waals surface area contributed by atoms with E-state index in [0.29, 0.717) is 13.2 Å². The van der Waals surface area contributed by atoms with Crippen molar-refractivity contribution in [3.05, 3.63) is 29.8 Å². The highest BCUT2D eigenvalue weighted by atomic mass is 16.8. The summed E-state index contributed by atoms with van der Waals surface area (Å²) in [5.41, 5.74) is -0.730. The SMILES string of the molecule is CCOC(OCC)[C@](CO)(OCc1ccc(OC)cc1)[C@H](O)[C@H]1COC(C)(C)O1. The fraction of sp³-hybridized carbons (Fsp3) is 0.714. The topological polar surface area (TPSA) is 95.8 Å². The molecule has 1 aromatic carbocycles. The molecule has 1 aliphatic rings. The minimum Gasteiger partial charge on any atom is -0.497 e. The first kappa shape index (κ1) is 24.0. The van der Waals surface area contributed by atoms with Gasteiger partial charge in [-0.3, -0.25) is 0 Å². The maximum absolute atomic E-state index is 11.2. The van der Waals surface area contributed by atoms with Gasteiger partial charge in [0.05, 0.1) is 26.9 Å². The van der Waals surface area contributed by atoms with Gasteiger partial charge < -0.3 is 38.6 Å². The minimum atomic E-state index is -1.57. The van der Waals surface area contributed by atoms with Crippen molar-refractivity contribution < 1.29 is 38.6 Å². The van der Waals surface area contributed by atoms with Crippen molar-refractivity contribution >= 4 is 0 Å². The van der Waals surface area contributed by atoms with Crippen molar-refractivity contribution in [3.63, 3.8) is 0 Å². The molecule has 1 saturated heterocycles. The molecule has 0 aliphatic carbocycles. The van der Waals surface area contributed by atoms with Gasteiger partial charge in [-0.15, -0.1) is 0 Å². The Morgan fingerprint density at radius 1 is 1.17 bits per heavy atom. The number of rotatable bonds is 12. The third kappa shape index (κ3) is 5.88. The van der Waals surface area contributed by atoms with Crippen molar-refractivity contribution in [2.75, 3.05) is 33.5 Å². The van der Waals surface area contributed by atoms with Crippen molar-refractivity contribution in [3.8, 4) is 5.75 Å². The molecule has 1 heterocycles. The highest BCUT2D eigenvalue weighted by Gasteiger charge is 2.54. The highest BCUT2D eigenvalue weighted by molar-refractivity contribution is 5.26. The van der Waals surface area contributed by atoms with E-state index in [9.17, 15) is 10.2 Å². The van der Waals surface area contributed by atoms with Crippen molar-refractivity contribution in [1.29, 1.82) is 0 Å². The van der Waals surface area contributed by atoms with E-state index in [2.05, 4.69) is 0 Å². The molecule has 1 aliphatic heterocycles. The van der Waals surface area contributed by atoms with Gasteiger partial charge in [-0.2, -0.15) is 0 Å². The number of hydrogen-bond acceptors (Lipinski definition) is 8. The molecule has 0 amide bonds. The van der Waals surface area contributed by atoms with Gasteiger partial charge in [0.25, 0.3) is 0 Å². The van der Waals surface area contributed by atoms with Crippen LogP contribution in [0.1, 0.15) is 33.3 Å². The fourth-order valence-corrected chi connectivity index (χ4v) is 3.26. The maximum Gasteiger partial charge on any atom is 0.191 e. The molecule has 1 aromatic rings. The lowest BCUT2D eigenvalue weighted by atomic mass is 9.91. The third-order valence-electron chi connectivity index (χ3n) is 4.83. The number of methoxy groups -OCH3 is 1. The van der Waals surface area contributed by atoms with E-state index in [0.717, 1.165) is 11.3 Å². The van der Waals surface area contributed by atoms with E-state index in [-0.39, 0.29) is 13.2 Å². The molecule has 2 N–H and O–H groups in total. The van der Waals surface area contributed by atoms with Gasteiger partial charge in [-0.1, -0.05) is 12.1 Å². The third-order valence-corrected chi connectivity index (χ3v) is 4.83. The average molecular weight is 414 g/mol. The lowest BCUT2D eigenvalue weighted by molar-refractivity contribution is -0.306. The van der Waals surface area contributed by atoms with Crippen LogP contribution in [0, 0.1) is 0 Å². The molecule has 0 saturated carbocycles. The van der Waals surface area contributed by atoms with Crippen LogP contribution in [0.2, 0.25) is 0 Å². The van der Waals surface area contributed by atoms with Crippen LogP contribution in [-0.2, 0) is 30.3 Å². The molecular formula is C21H34O8. The molecular weight excluding hydrogens is 380 g/mol. The Labute approximate surface area is 172 Å². The van der Waals surface area contributed by atoms with E-state index in [1.165, 1.54) is 0 Å². The Morgan fingerprint density at radius 2 is 1.79 bits per heavy atom. The number of aliphatic hydroxyl groups is 2. The van der Waals surface area contributed by atoms with E-state index in [1.54, 1.807) is 21.0 Å². The molecule has 0 radical (unpaired) electrons. The Hall–Kier alpha value is -1.26. The summed E-state index contributed by atoms with van der Waals surface area (Å²) in [5.74, 6) is -0.113. The summed E-state index contributed by atoms with van der Waals surface area (Å²) in [6, 6.07) is 7.33. The smallest absolute Gasteiger partial charge is 0.191 e. The largest absolute Gasteiger partial charge is 0.497 e. The maximum atomic E-state index is 11.2. The monoisotopic (exact) mass is 414 g/mol. The second kappa shape index (κ2) is 10.7. The summed E-state index contributed by atoms with van der Waals surface area (Å²) in [4.78, 5) is 0. The summed E-state index contributed by atoms with van der Waals surface area (Å²) in [6.45, 7) is 7.53. The van der Waals surface area contributed by atoms with Gasteiger partial charge in [-0.25, -0.2) is 0 Å². The van der Waals surface area contributed by atoms with Gasteiger partial charge in [0.2, 0.25) is 0 Å². The first-order valence-corrected chi connectivity index (χ1v) is 9.92. The zero-order valence-electron chi connectivity index (χ0n) is 17.9. The first-order chi connectivity index (χ1) is 13.8. The summed E-state index contributed by atoms with van der Waals surface area (Å²) < 4.78 is 34.1. The fourth-order valence-electron chi connectivity index (χ4n) is 3.26. The number of hydrogen-bond donors (Lipinski definition) is 2. The predicted octanol–water partition coefficient (Wildman–Crippen LogP) is 1.85. The zero-order chi connectivity index (χ0) is 21.5. The van der Waals surface area contributed by atoms with Crippen molar-refractivity contribution in [2.24, 2.45) is 0 Å². The van der Waals surface area contributed by atoms with E-state index in [4.69, 9.17) is 28.4 Å². The van der Waals surface area contributed by atoms with Gasteiger partial charge in [0.15, 0.2) is 17.7 Å². The molecule has 8 nitrogen and oxygen atoms in total. The average Bonchev–Trinajstić information content (AvgIpc) is 3.09. The summed E-state index contributed by atoms with van der Waals surface area (Å²) in [7, 11) is 1.60. The summed E-state index contributed by atoms with van der Waals surface area (Å²) >= 11 is 0. The van der Waals surface area contributed by atoms with E-state index in [1.807, 2.05) is 38.1 Å². The van der Waals surface area contributed by atoms with Crippen molar-refractivity contribution in [2.45, 2.75) is 64.2 Å². The quantitative estimate of drug-likeness (QED) is 0.501. The molecule has 1 fully saturated rings. The predicted molar refractivity (Wildman–Crippen MR) is 106 cm³/mol. The zero-order valence-corrected chi connectivity index (χ0v) is 17.9. The van der Waals surface area contributed by atoms with Crippen LogP contribution in [0.4, 0.5) is 0 Å². The molecule has 0 bridgehead atoms. The van der Waals surface area contributed by atoms with Crippen LogP contribution in [-0.4, -0.2) is 73.6 Å². The van der Waals surface area contributed by atoms with Crippen molar-refractivity contribution in [1.82, 2.24) is 0 Å². The molecule has 3 atom stereocenters. The molecule has 166 valence electrons. The standard InChI is InChI=1S/C21H34O8/c1-6-25-19(26-7-2)21(14-22,18(23)17-13-27-20(3,4)29-17)28-12-15-8-10-16(24-5)11-9-15/h8-11,17-19,22-23H,6-7,12-14H2,1-5H3/t17-,18-,21-/m1/s1. The molecule has 0 aromatic heterocycles. The van der Waals surface area contributed by atoms with Crippen LogP contribution in [0.3, 0.4) is 0 Å². The Balaban J connectivity index is 2.28. The second-order valence-electron chi connectivity index (χ2n) is 7.30. The van der Waals surface area contributed by atoms with E-state index >= 15 is 0 Å². The van der Waals surface area contributed by atoms with Crippen LogP contribution < -0.4 is 4.74 Å². The Bertz CT molecular complexity index is 599. The molecule has 8 heteroatoms. The van der Waals surface area contributed by atoms with Crippen LogP contribution in [0.25, 0.3) is 0 Å². The van der Waals surface area contributed by atoms with Gasteiger partial charge in [0, 0.05) is 13.2 Å². The summed E-state index contributed by atoms with van der Waals surface area (Å²) in [6.07, 6.45) is -2.96. The van der Waals surface area contributed by atoms with Crippen LogP contribution in [0.5, 0.6) is 5.75 Å². The highest BCUT2D eigenvalue weighted by Crippen LogP contribution is 2.34. The molecule has 2 rings (SSSR count). The second-order valence-corrected chi connectivity index (χ2v) is 7.30. The minimum absolute atomic E-state index is 0.120. The Kier molecular flexibility index (Phi) is 8.84. The summed E-state index contributed by atoms with van der Waals surface area (Å²) in [5, 5.41) is 21.6. The molecule has 0 spiro atoms. The van der Waals surface area contributed by atoms with Crippen LogP contribution >= 0.6 is 0 Å². The van der Waals surface area contributed by atoms with Gasteiger partial charge >= 0.3 is 0 Å². The van der Waals surface area contributed by atoms with Gasteiger partial charge in [-0.05, 0) is 45.4 Å². The first-order valence-electron chi connectivity index (χ1n) is 9.92. The van der Waals surface area contributed by atoms with Crippen LogP contribution in [0.15, 0.2) is 24.3 Å². The Morgan fingerprint density at radius 3 is 2.24 bits per heavy atom. The molecule has 29 heavy (non-hydrogen) atoms. The lowest BCUT2D eigenvalue weighted by Gasteiger charge is -2.43.